The molecule has 3 heteroatoms. The SMILES string of the molecule is CCc1ccc(COc2cc(OC)ccc2[C@H](C)N)cc1. The van der Waals surface area contributed by atoms with Crippen molar-refractivity contribution in [2.24, 2.45) is 5.73 Å². The van der Waals surface area contributed by atoms with E-state index in [1.807, 2.05) is 25.1 Å². The average molecular weight is 285 g/mol. The largest absolute Gasteiger partial charge is 0.497 e. The van der Waals surface area contributed by atoms with Crippen LogP contribution in [0.25, 0.3) is 0 Å². The normalized spacial score (nSPS) is 12.0. The van der Waals surface area contributed by atoms with Crippen LogP contribution in [0.1, 0.15) is 36.6 Å². The van der Waals surface area contributed by atoms with Gasteiger partial charge < -0.3 is 15.2 Å². The zero-order valence-corrected chi connectivity index (χ0v) is 12.9. The van der Waals surface area contributed by atoms with Crippen molar-refractivity contribution in [3.05, 3.63) is 59.2 Å². The van der Waals surface area contributed by atoms with Crippen LogP contribution in [-0.2, 0) is 13.0 Å². The van der Waals surface area contributed by atoms with Crippen LogP contribution in [-0.4, -0.2) is 7.11 Å². The van der Waals surface area contributed by atoms with Gasteiger partial charge in [0.2, 0.25) is 0 Å². The smallest absolute Gasteiger partial charge is 0.128 e. The van der Waals surface area contributed by atoms with Gasteiger partial charge in [0.1, 0.15) is 18.1 Å². The van der Waals surface area contributed by atoms with Crippen molar-refractivity contribution in [2.45, 2.75) is 32.9 Å². The highest BCUT2D eigenvalue weighted by Crippen LogP contribution is 2.29. The summed E-state index contributed by atoms with van der Waals surface area (Å²) in [6.45, 7) is 4.62. The molecule has 0 bridgehead atoms. The standard InChI is InChI=1S/C18H23NO2/c1-4-14-5-7-15(8-6-14)12-21-18-11-16(20-3)9-10-17(18)13(2)19/h5-11,13H,4,12,19H2,1-3H3/t13-/m0/s1. The molecule has 0 saturated heterocycles. The van der Waals surface area contributed by atoms with E-state index in [0.29, 0.717) is 6.61 Å². The van der Waals surface area contributed by atoms with Crippen molar-refractivity contribution in [3.8, 4) is 11.5 Å². The molecular weight excluding hydrogens is 262 g/mol. The molecule has 0 radical (unpaired) electrons. The fraction of sp³-hybridized carbons (Fsp3) is 0.333. The predicted octanol–water partition coefficient (Wildman–Crippen LogP) is 3.86. The maximum Gasteiger partial charge on any atom is 0.128 e. The Morgan fingerprint density at radius 2 is 1.71 bits per heavy atom. The van der Waals surface area contributed by atoms with E-state index >= 15 is 0 Å². The highest BCUT2D eigenvalue weighted by molar-refractivity contribution is 5.42. The van der Waals surface area contributed by atoms with Crippen LogP contribution < -0.4 is 15.2 Å². The van der Waals surface area contributed by atoms with Crippen LogP contribution in [0.15, 0.2) is 42.5 Å². The van der Waals surface area contributed by atoms with Crippen LogP contribution in [0, 0.1) is 0 Å². The molecule has 0 heterocycles. The summed E-state index contributed by atoms with van der Waals surface area (Å²) in [5.74, 6) is 1.56. The van der Waals surface area contributed by atoms with Crippen molar-refractivity contribution >= 4 is 0 Å². The third-order valence-electron chi connectivity index (χ3n) is 3.54. The maximum absolute atomic E-state index is 5.99. The van der Waals surface area contributed by atoms with Gasteiger partial charge in [0.25, 0.3) is 0 Å². The van der Waals surface area contributed by atoms with E-state index in [2.05, 4.69) is 31.2 Å². The van der Waals surface area contributed by atoms with Gasteiger partial charge >= 0.3 is 0 Å². The van der Waals surface area contributed by atoms with E-state index in [1.165, 1.54) is 5.56 Å². The van der Waals surface area contributed by atoms with Gasteiger partial charge in [-0.3, -0.25) is 0 Å². The lowest BCUT2D eigenvalue weighted by Gasteiger charge is -2.15. The molecular formula is C18H23NO2. The van der Waals surface area contributed by atoms with E-state index < -0.39 is 0 Å². The second kappa shape index (κ2) is 7.14. The average Bonchev–Trinajstić information content (AvgIpc) is 2.52. The number of hydrogen-bond donors (Lipinski definition) is 1. The summed E-state index contributed by atoms with van der Waals surface area (Å²) in [6.07, 6.45) is 1.05. The summed E-state index contributed by atoms with van der Waals surface area (Å²) in [5, 5.41) is 0. The van der Waals surface area contributed by atoms with E-state index in [-0.39, 0.29) is 6.04 Å². The molecule has 2 N–H and O–H groups in total. The lowest BCUT2D eigenvalue weighted by atomic mass is 10.1. The molecule has 0 aromatic heterocycles. The first-order valence-corrected chi connectivity index (χ1v) is 7.28. The van der Waals surface area contributed by atoms with Gasteiger partial charge in [-0.2, -0.15) is 0 Å². The Morgan fingerprint density at radius 1 is 1.05 bits per heavy atom. The van der Waals surface area contributed by atoms with Crippen molar-refractivity contribution in [1.29, 1.82) is 0 Å². The minimum atomic E-state index is -0.0756. The third-order valence-corrected chi connectivity index (χ3v) is 3.54. The Balaban J connectivity index is 2.13. The molecule has 2 aromatic rings. The summed E-state index contributed by atoms with van der Waals surface area (Å²) in [6, 6.07) is 14.1. The van der Waals surface area contributed by atoms with Crippen LogP contribution >= 0.6 is 0 Å². The van der Waals surface area contributed by atoms with Gasteiger partial charge in [-0.1, -0.05) is 37.3 Å². The molecule has 1 atom stereocenters. The van der Waals surface area contributed by atoms with Crippen LogP contribution in [0.5, 0.6) is 11.5 Å². The molecule has 0 amide bonds. The zero-order chi connectivity index (χ0) is 15.2. The second-order valence-electron chi connectivity index (χ2n) is 5.15. The number of aryl methyl sites for hydroxylation is 1. The molecule has 0 aliphatic heterocycles. The first-order chi connectivity index (χ1) is 10.1. The summed E-state index contributed by atoms with van der Waals surface area (Å²) in [4.78, 5) is 0. The Kier molecular flexibility index (Phi) is 5.23. The monoisotopic (exact) mass is 285 g/mol. The van der Waals surface area contributed by atoms with Gasteiger partial charge in [-0.15, -0.1) is 0 Å². The van der Waals surface area contributed by atoms with Crippen LogP contribution in [0.4, 0.5) is 0 Å². The molecule has 112 valence electrons. The minimum Gasteiger partial charge on any atom is -0.497 e. The topological polar surface area (TPSA) is 44.5 Å². The molecule has 0 unspecified atom stereocenters. The fourth-order valence-electron chi connectivity index (χ4n) is 2.18. The highest BCUT2D eigenvalue weighted by Gasteiger charge is 2.10. The lowest BCUT2D eigenvalue weighted by Crippen LogP contribution is -2.08. The lowest BCUT2D eigenvalue weighted by molar-refractivity contribution is 0.299. The van der Waals surface area contributed by atoms with Crippen LogP contribution in [0.3, 0.4) is 0 Å². The van der Waals surface area contributed by atoms with Gasteiger partial charge in [-0.05, 0) is 30.5 Å². The van der Waals surface area contributed by atoms with E-state index in [0.717, 1.165) is 29.0 Å². The number of rotatable bonds is 6. The second-order valence-corrected chi connectivity index (χ2v) is 5.15. The van der Waals surface area contributed by atoms with Gasteiger partial charge in [0.05, 0.1) is 7.11 Å². The third kappa shape index (κ3) is 3.99. The first kappa shape index (κ1) is 15.4. The Hall–Kier alpha value is -2.00. The van der Waals surface area contributed by atoms with Gasteiger partial charge in [0.15, 0.2) is 0 Å². The number of methoxy groups -OCH3 is 1. The minimum absolute atomic E-state index is 0.0756. The molecule has 2 aromatic carbocycles. The van der Waals surface area contributed by atoms with Crippen molar-refractivity contribution in [1.82, 2.24) is 0 Å². The maximum atomic E-state index is 5.99. The summed E-state index contributed by atoms with van der Waals surface area (Å²) in [7, 11) is 1.65. The van der Waals surface area contributed by atoms with E-state index in [4.69, 9.17) is 15.2 Å². The summed E-state index contributed by atoms with van der Waals surface area (Å²) < 4.78 is 11.2. The molecule has 21 heavy (non-hydrogen) atoms. The summed E-state index contributed by atoms with van der Waals surface area (Å²) >= 11 is 0. The quantitative estimate of drug-likeness (QED) is 0.876. The molecule has 2 rings (SSSR count). The number of hydrogen-bond acceptors (Lipinski definition) is 3. The van der Waals surface area contributed by atoms with Crippen molar-refractivity contribution < 1.29 is 9.47 Å². The molecule has 3 nitrogen and oxygen atoms in total. The molecule has 0 saturated carbocycles. The van der Waals surface area contributed by atoms with Gasteiger partial charge in [0, 0.05) is 17.7 Å². The van der Waals surface area contributed by atoms with Crippen molar-refractivity contribution in [2.75, 3.05) is 7.11 Å². The first-order valence-electron chi connectivity index (χ1n) is 7.28. The summed E-state index contributed by atoms with van der Waals surface area (Å²) in [5.41, 5.74) is 9.45. The molecule has 0 spiro atoms. The van der Waals surface area contributed by atoms with E-state index in [9.17, 15) is 0 Å². The van der Waals surface area contributed by atoms with E-state index in [1.54, 1.807) is 7.11 Å². The molecule has 0 aliphatic carbocycles. The highest BCUT2D eigenvalue weighted by atomic mass is 16.5. The zero-order valence-electron chi connectivity index (χ0n) is 12.9. The van der Waals surface area contributed by atoms with Crippen LogP contribution in [0.2, 0.25) is 0 Å². The van der Waals surface area contributed by atoms with Gasteiger partial charge in [-0.25, -0.2) is 0 Å². The Morgan fingerprint density at radius 3 is 2.29 bits per heavy atom. The Bertz CT molecular complexity index is 576. The molecule has 0 aliphatic rings. The fourth-order valence-corrected chi connectivity index (χ4v) is 2.18. The predicted molar refractivity (Wildman–Crippen MR) is 85.7 cm³/mol. The molecule has 0 fully saturated rings. The van der Waals surface area contributed by atoms with Crippen molar-refractivity contribution in [3.63, 3.8) is 0 Å². The number of ether oxygens (including phenoxy) is 2. The Labute approximate surface area is 126 Å². The number of benzene rings is 2. The number of nitrogens with two attached hydrogens (primary N) is 1.